The van der Waals surface area contributed by atoms with Gasteiger partial charge in [0.1, 0.15) is 11.5 Å². The second-order valence-corrected chi connectivity index (χ2v) is 6.26. The number of hydrogen-bond donors (Lipinski definition) is 1. The predicted octanol–water partition coefficient (Wildman–Crippen LogP) is 3.77. The van der Waals surface area contributed by atoms with Gasteiger partial charge in [-0.25, -0.2) is 13.9 Å². The lowest BCUT2D eigenvalue weighted by atomic mass is 10.2. The molecule has 0 atom stereocenters. The van der Waals surface area contributed by atoms with Crippen molar-refractivity contribution in [3.05, 3.63) is 89.5 Å². The highest BCUT2D eigenvalue weighted by molar-refractivity contribution is 5.92. The van der Waals surface area contributed by atoms with E-state index in [9.17, 15) is 9.18 Å². The lowest BCUT2D eigenvalue weighted by Gasteiger charge is -2.06. The van der Waals surface area contributed by atoms with E-state index in [2.05, 4.69) is 15.4 Å². The second-order valence-electron chi connectivity index (χ2n) is 6.26. The summed E-state index contributed by atoms with van der Waals surface area (Å²) in [7, 11) is 0. The third kappa shape index (κ3) is 3.55. The zero-order valence-corrected chi connectivity index (χ0v) is 14.7. The van der Waals surface area contributed by atoms with Crippen molar-refractivity contribution in [2.24, 2.45) is 0 Å². The first-order valence-electron chi connectivity index (χ1n) is 8.55. The van der Waals surface area contributed by atoms with Crippen molar-refractivity contribution in [3.63, 3.8) is 0 Å². The summed E-state index contributed by atoms with van der Waals surface area (Å²) in [5.41, 5.74) is 4.36. The summed E-state index contributed by atoms with van der Waals surface area (Å²) in [5, 5.41) is 7.38. The molecule has 0 aliphatic rings. The highest BCUT2D eigenvalue weighted by atomic mass is 19.1. The summed E-state index contributed by atoms with van der Waals surface area (Å²) in [6.07, 6.45) is 0. The fourth-order valence-corrected chi connectivity index (χ4v) is 2.87. The molecule has 1 amide bonds. The summed E-state index contributed by atoms with van der Waals surface area (Å²) in [6.45, 7) is 2.19. The number of benzene rings is 2. The van der Waals surface area contributed by atoms with Gasteiger partial charge in [0.25, 0.3) is 5.91 Å². The predicted molar refractivity (Wildman–Crippen MR) is 101 cm³/mol. The Balaban J connectivity index is 1.58. The van der Waals surface area contributed by atoms with Crippen molar-refractivity contribution in [1.82, 2.24) is 19.9 Å². The number of fused-ring (bicyclic) bond motifs is 1. The average Bonchev–Trinajstić information content (AvgIpc) is 3.13. The summed E-state index contributed by atoms with van der Waals surface area (Å²) < 4.78 is 14.7. The standard InChI is InChI=1S/C21H17FN4O/c1-14-11-19(21(27)23-13-15-7-9-17(22)10-8-15)24-20-12-18(25-26(14)20)16-5-3-2-4-6-16/h2-12H,13H2,1H3,(H,23,27). The molecular formula is C21H17FN4O. The number of carbonyl (C=O) groups excluding carboxylic acids is 1. The lowest BCUT2D eigenvalue weighted by Crippen LogP contribution is -2.24. The minimum absolute atomic E-state index is 0.285. The Bertz CT molecular complexity index is 1100. The Morgan fingerprint density at radius 1 is 1.07 bits per heavy atom. The minimum Gasteiger partial charge on any atom is -0.347 e. The van der Waals surface area contributed by atoms with E-state index in [1.165, 1.54) is 12.1 Å². The maximum absolute atomic E-state index is 13.0. The molecule has 0 fully saturated rings. The van der Waals surface area contributed by atoms with Crippen LogP contribution >= 0.6 is 0 Å². The number of aryl methyl sites for hydroxylation is 1. The highest BCUT2D eigenvalue weighted by Gasteiger charge is 2.13. The second kappa shape index (κ2) is 6.99. The smallest absolute Gasteiger partial charge is 0.270 e. The van der Waals surface area contributed by atoms with E-state index in [0.29, 0.717) is 17.9 Å². The van der Waals surface area contributed by atoms with Crippen LogP contribution in [-0.4, -0.2) is 20.5 Å². The molecule has 2 aromatic carbocycles. The number of aromatic nitrogens is 3. The molecule has 1 N–H and O–H groups in total. The topological polar surface area (TPSA) is 59.3 Å². The minimum atomic E-state index is -0.303. The Labute approximate surface area is 155 Å². The van der Waals surface area contributed by atoms with Crippen molar-refractivity contribution in [2.45, 2.75) is 13.5 Å². The molecule has 0 aliphatic heterocycles. The van der Waals surface area contributed by atoms with E-state index in [-0.39, 0.29) is 11.7 Å². The summed E-state index contributed by atoms with van der Waals surface area (Å²) in [6, 6.07) is 19.4. The first-order valence-corrected chi connectivity index (χ1v) is 8.55. The number of rotatable bonds is 4. The van der Waals surface area contributed by atoms with Crippen LogP contribution in [0.4, 0.5) is 4.39 Å². The first-order chi connectivity index (χ1) is 13.1. The van der Waals surface area contributed by atoms with E-state index in [0.717, 1.165) is 22.5 Å². The Morgan fingerprint density at radius 3 is 2.56 bits per heavy atom. The van der Waals surface area contributed by atoms with Gasteiger partial charge in [0, 0.05) is 23.9 Å². The molecular weight excluding hydrogens is 343 g/mol. The number of carbonyl (C=O) groups is 1. The van der Waals surface area contributed by atoms with Crippen LogP contribution in [-0.2, 0) is 6.54 Å². The number of nitrogens with zero attached hydrogens (tertiary/aromatic N) is 3. The monoisotopic (exact) mass is 360 g/mol. The van der Waals surface area contributed by atoms with Gasteiger partial charge in [0.15, 0.2) is 5.65 Å². The van der Waals surface area contributed by atoms with Crippen molar-refractivity contribution in [1.29, 1.82) is 0 Å². The summed E-state index contributed by atoms with van der Waals surface area (Å²) in [4.78, 5) is 16.9. The molecule has 4 rings (SSSR count). The molecule has 0 radical (unpaired) electrons. The number of halogens is 1. The van der Waals surface area contributed by atoms with E-state index < -0.39 is 0 Å². The number of nitrogens with one attached hydrogen (secondary N) is 1. The normalized spacial score (nSPS) is 10.9. The molecule has 6 heteroatoms. The molecule has 0 unspecified atom stereocenters. The van der Waals surface area contributed by atoms with Crippen LogP contribution in [0.1, 0.15) is 21.7 Å². The van der Waals surface area contributed by atoms with Gasteiger partial charge in [-0.3, -0.25) is 4.79 Å². The third-order valence-electron chi connectivity index (χ3n) is 4.27. The van der Waals surface area contributed by atoms with E-state index >= 15 is 0 Å². The fourth-order valence-electron chi connectivity index (χ4n) is 2.87. The van der Waals surface area contributed by atoms with Crippen LogP contribution in [0.5, 0.6) is 0 Å². The van der Waals surface area contributed by atoms with Gasteiger partial charge in [0.2, 0.25) is 0 Å². The van der Waals surface area contributed by atoms with Crippen molar-refractivity contribution in [3.8, 4) is 11.3 Å². The Morgan fingerprint density at radius 2 is 1.81 bits per heavy atom. The fraction of sp³-hybridized carbons (Fsp3) is 0.0952. The number of hydrogen-bond acceptors (Lipinski definition) is 3. The summed E-state index contributed by atoms with van der Waals surface area (Å²) >= 11 is 0. The lowest BCUT2D eigenvalue weighted by molar-refractivity contribution is 0.0946. The van der Waals surface area contributed by atoms with Crippen LogP contribution in [0.25, 0.3) is 16.9 Å². The Hall–Kier alpha value is -3.54. The van der Waals surface area contributed by atoms with Crippen LogP contribution in [0, 0.1) is 12.7 Å². The zero-order chi connectivity index (χ0) is 18.8. The van der Waals surface area contributed by atoms with Crippen LogP contribution in [0.3, 0.4) is 0 Å². The van der Waals surface area contributed by atoms with Gasteiger partial charge >= 0.3 is 0 Å². The van der Waals surface area contributed by atoms with Crippen molar-refractivity contribution < 1.29 is 9.18 Å². The van der Waals surface area contributed by atoms with Crippen LogP contribution in [0.15, 0.2) is 66.7 Å². The van der Waals surface area contributed by atoms with Gasteiger partial charge in [0.05, 0.1) is 5.69 Å². The molecule has 0 saturated heterocycles. The molecule has 0 saturated carbocycles. The first kappa shape index (κ1) is 16.9. The van der Waals surface area contributed by atoms with Crippen molar-refractivity contribution in [2.75, 3.05) is 0 Å². The van der Waals surface area contributed by atoms with Gasteiger partial charge < -0.3 is 5.32 Å². The van der Waals surface area contributed by atoms with Gasteiger partial charge in [-0.1, -0.05) is 42.5 Å². The van der Waals surface area contributed by atoms with Crippen LogP contribution in [0.2, 0.25) is 0 Å². The average molecular weight is 360 g/mol. The molecule has 4 aromatic rings. The Kier molecular flexibility index (Phi) is 4.38. The van der Waals surface area contributed by atoms with Gasteiger partial charge in [-0.2, -0.15) is 5.10 Å². The molecule has 5 nitrogen and oxygen atoms in total. The highest BCUT2D eigenvalue weighted by Crippen LogP contribution is 2.19. The van der Waals surface area contributed by atoms with E-state index in [1.807, 2.05) is 43.3 Å². The van der Waals surface area contributed by atoms with Crippen LogP contribution < -0.4 is 5.32 Å². The van der Waals surface area contributed by atoms with E-state index in [1.54, 1.807) is 22.7 Å². The van der Waals surface area contributed by atoms with E-state index in [4.69, 9.17) is 0 Å². The summed E-state index contributed by atoms with van der Waals surface area (Å²) in [5.74, 6) is -0.588. The maximum Gasteiger partial charge on any atom is 0.270 e. The van der Waals surface area contributed by atoms with Gasteiger partial charge in [-0.05, 0) is 30.7 Å². The quantitative estimate of drug-likeness (QED) is 0.603. The molecule has 134 valence electrons. The molecule has 0 aliphatic carbocycles. The molecule has 0 bridgehead atoms. The third-order valence-corrected chi connectivity index (χ3v) is 4.27. The SMILES string of the molecule is Cc1cc(C(=O)NCc2ccc(F)cc2)nc2cc(-c3ccccc3)nn12. The molecule has 0 spiro atoms. The largest absolute Gasteiger partial charge is 0.347 e. The molecule has 2 heterocycles. The zero-order valence-electron chi connectivity index (χ0n) is 14.7. The van der Waals surface area contributed by atoms with Gasteiger partial charge in [-0.15, -0.1) is 0 Å². The molecule has 2 aromatic heterocycles. The van der Waals surface area contributed by atoms with Crippen molar-refractivity contribution >= 4 is 11.6 Å². The molecule has 27 heavy (non-hydrogen) atoms. The maximum atomic E-state index is 13.0. The number of amides is 1.